The first kappa shape index (κ1) is 12.7. The van der Waals surface area contributed by atoms with E-state index in [4.69, 9.17) is 0 Å². The Kier molecular flexibility index (Phi) is 3.56. The van der Waals surface area contributed by atoms with Crippen LogP contribution in [0.3, 0.4) is 0 Å². The van der Waals surface area contributed by atoms with Crippen LogP contribution >= 0.6 is 0 Å². The Bertz CT molecular complexity index is 478. The first-order chi connectivity index (χ1) is 9.25. The Morgan fingerprint density at radius 2 is 2.21 bits per heavy atom. The van der Waals surface area contributed by atoms with E-state index >= 15 is 0 Å². The van der Waals surface area contributed by atoms with Gasteiger partial charge in [-0.15, -0.1) is 0 Å². The van der Waals surface area contributed by atoms with E-state index in [0.717, 1.165) is 44.5 Å². The van der Waals surface area contributed by atoms with Gasteiger partial charge in [0.1, 0.15) is 0 Å². The molecule has 3 rings (SSSR count). The van der Waals surface area contributed by atoms with Crippen molar-refractivity contribution in [1.82, 2.24) is 5.32 Å². The summed E-state index contributed by atoms with van der Waals surface area (Å²) in [6, 6.07) is 6.48. The first-order valence-corrected chi connectivity index (χ1v) is 7.40. The summed E-state index contributed by atoms with van der Waals surface area (Å²) in [6.45, 7) is 3.96. The number of amides is 1. The number of nitrogens with zero attached hydrogens (tertiary/aromatic N) is 1. The number of carbonyl (C=O) groups is 1. The highest BCUT2D eigenvalue weighted by Gasteiger charge is 2.29. The summed E-state index contributed by atoms with van der Waals surface area (Å²) in [4.78, 5) is 14.7. The molecule has 0 radical (unpaired) electrons. The molecule has 0 aliphatic carbocycles. The lowest BCUT2D eigenvalue weighted by molar-refractivity contribution is -0.121. The van der Waals surface area contributed by atoms with E-state index in [9.17, 15) is 4.79 Å². The molecule has 2 aliphatic rings. The van der Waals surface area contributed by atoms with Crippen molar-refractivity contribution in [3.05, 3.63) is 29.3 Å². The van der Waals surface area contributed by atoms with Gasteiger partial charge in [-0.2, -0.15) is 0 Å². The maximum Gasteiger partial charge on any atom is 0.244 e. The molecule has 1 amide bonds. The summed E-state index contributed by atoms with van der Waals surface area (Å²) >= 11 is 0. The largest absolute Gasteiger partial charge is 0.311 e. The molecule has 1 aromatic carbocycles. The van der Waals surface area contributed by atoms with Crippen molar-refractivity contribution in [3.63, 3.8) is 0 Å². The van der Waals surface area contributed by atoms with Crippen LogP contribution in [0.1, 0.15) is 36.8 Å². The number of benzene rings is 1. The molecule has 1 N–H and O–H groups in total. The highest BCUT2D eigenvalue weighted by molar-refractivity contribution is 5.98. The summed E-state index contributed by atoms with van der Waals surface area (Å²) in [6.07, 6.45) is 5.52. The summed E-state index contributed by atoms with van der Waals surface area (Å²) in [5, 5.41) is 3.37. The van der Waals surface area contributed by atoms with E-state index in [1.165, 1.54) is 17.5 Å². The smallest absolute Gasteiger partial charge is 0.244 e. The second-order valence-corrected chi connectivity index (χ2v) is 5.73. The molecule has 19 heavy (non-hydrogen) atoms. The third kappa shape index (κ3) is 2.52. The second-order valence-electron chi connectivity index (χ2n) is 5.73. The minimum atomic E-state index is 0.0287. The van der Waals surface area contributed by atoms with Gasteiger partial charge in [0.15, 0.2) is 0 Å². The van der Waals surface area contributed by atoms with E-state index in [1.54, 1.807) is 0 Å². The molecule has 0 bridgehead atoms. The predicted molar refractivity (Wildman–Crippen MR) is 77.5 cm³/mol. The van der Waals surface area contributed by atoms with E-state index < -0.39 is 0 Å². The number of nitrogens with one attached hydrogen (secondary N) is 1. The predicted octanol–water partition coefficient (Wildman–Crippen LogP) is 2.42. The van der Waals surface area contributed by atoms with Gasteiger partial charge in [0, 0.05) is 12.2 Å². The molecule has 3 nitrogen and oxygen atoms in total. The molecule has 1 atom stereocenters. The van der Waals surface area contributed by atoms with Gasteiger partial charge < -0.3 is 10.2 Å². The van der Waals surface area contributed by atoms with Crippen LogP contribution in [0.15, 0.2) is 18.2 Å². The van der Waals surface area contributed by atoms with Crippen molar-refractivity contribution < 1.29 is 4.79 Å². The van der Waals surface area contributed by atoms with E-state index in [0.29, 0.717) is 0 Å². The number of fused-ring (bicyclic) bond motifs is 1. The zero-order valence-corrected chi connectivity index (χ0v) is 11.6. The third-order valence-electron chi connectivity index (χ3n) is 4.23. The van der Waals surface area contributed by atoms with Crippen molar-refractivity contribution in [2.75, 3.05) is 18.0 Å². The van der Waals surface area contributed by atoms with Crippen LogP contribution in [0.25, 0.3) is 0 Å². The molecule has 1 saturated heterocycles. The van der Waals surface area contributed by atoms with Gasteiger partial charge >= 0.3 is 0 Å². The minimum absolute atomic E-state index is 0.0287. The normalized spacial score (nSPS) is 23.0. The van der Waals surface area contributed by atoms with Crippen molar-refractivity contribution >= 4 is 11.6 Å². The maximum atomic E-state index is 12.7. The molecule has 0 saturated carbocycles. The fraction of sp³-hybridized carbons (Fsp3) is 0.562. The topological polar surface area (TPSA) is 32.3 Å². The summed E-state index contributed by atoms with van der Waals surface area (Å²) in [7, 11) is 0. The average molecular weight is 258 g/mol. The van der Waals surface area contributed by atoms with Crippen LogP contribution in [-0.2, 0) is 11.2 Å². The number of carbonyl (C=O) groups excluding carboxylic acids is 1. The third-order valence-corrected chi connectivity index (χ3v) is 4.23. The summed E-state index contributed by atoms with van der Waals surface area (Å²) < 4.78 is 0. The van der Waals surface area contributed by atoms with Crippen LogP contribution in [0.2, 0.25) is 0 Å². The van der Waals surface area contributed by atoms with Crippen LogP contribution in [0.5, 0.6) is 0 Å². The van der Waals surface area contributed by atoms with Crippen molar-refractivity contribution in [2.45, 2.75) is 45.1 Å². The number of hydrogen-bond donors (Lipinski definition) is 1. The molecular weight excluding hydrogens is 236 g/mol. The van der Waals surface area contributed by atoms with Crippen molar-refractivity contribution in [1.29, 1.82) is 0 Å². The molecule has 0 unspecified atom stereocenters. The zero-order chi connectivity index (χ0) is 13.2. The van der Waals surface area contributed by atoms with Gasteiger partial charge in [0.05, 0.1) is 6.04 Å². The maximum absolute atomic E-state index is 12.7. The van der Waals surface area contributed by atoms with Crippen molar-refractivity contribution in [3.8, 4) is 0 Å². The van der Waals surface area contributed by atoms with Gasteiger partial charge in [-0.05, 0) is 50.8 Å². The summed E-state index contributed by atoms with van der Waals surface area (Å²) in [5.41, 5.74) is 3.74. The number of hydrogen-bond acceptors (Lipinski definition) is 2. The molecule has 1 aromatic rings. The molecule has 2 heterocycles. The SMILES string of the molecule is Cc1ccc2c(c1)CCCN2C(=O)[C@@H]1CCCCN1. The quantitative estimate of drug-likeness (QED) is 0.839. The van der Waals surface area contributed by atoms with Crippen LogP contribution < -0.4 is 10.2 Å². The molecule has 2 aliphatic heterocycles. The Hall–Kier alpha value is -1.35. The molecular formula is C16H22N2O. The fourth-order valence-corrected chi connectivity index (χ4v) is 3.21. The van der Waals surface area contributed by atoms with E-state index in [-0.39, 0.29) is 11.9 Å². The van der Waals surface area contributed by atoms with Gasteiger partial charge in [0.25, 0.3) is 0 Å². The highest BCUT2D eigenvalue weighted by atomic mass is 16.2. The van der Waals surface area contributed by atoms with Gasteiger partial charge in [0.2, 0.25) is 5.91 Å². The van der Waals surface area contributed by atoms with E-state index in [1.807, 2.05) is 4.90 Å². The fourth-order valence-electron chi connectivity index (χ4n) is 3.21. The van der Waals surface area contributed by atoms with Crippen molar-refractivity contribution in [2.24, 2.45) is 0 Å². The number of anilines is 1. The van der Waals surface area contributed by atoms with Gasteiger partial charge in [-0.25, -0.2) is 0 Å². The zero-order valence-electron chi connectivity index (χ0n) is 11.6. The Balaban J connectivity index is 1.84. The highest BCUT2D eigenvalue weighted by Crippen LogP contribution is 2.29. The molecule has 0 spiro atoms. The number of aryl methyl sites for hydroxylation is 2. The lowest BCUT2D eigenvalue weighted by Gasteiger charge is -2.34. The molecule has 102 valence electrons. The monoisotopic (exact) mass is 258 g/mol. The first-order valence-electron chi connectivity index (χ1n) is 7.40. The number of piperidine rings is 1. The Morgan fingerprint density at radius 1 is 1.32 bits per heavy atom. The molecule has 0 aromatic heterocycles. The summed E-state index contributed by atoms with van der Waals surface area (Å²) in [5.74, 6) is 0.268. The number of rotatable bonds is 1. The van der Waals surface area contributed by atoms with Gasteiger partial charge in [-0.3, -0.25) is 4.79 Å². The van der Waals surface area contributed by atoms with Gasteiger partial charge in [-0.1, -0.05) is 24.1 Å². The lowest BCUT2D eigenvalue weighted by atomic mass is 9.97. The Morgan fingerprint density at radius 3 is 3.00 bits per heavy atom. The minimum Gasteiger partial charge on any atom is -0.311 e. The molecule has 1 fully saturated rings. The second kappa shape index (κ2) is 5.33. The van der Waals surface area contributed by atoms with E-state index in [2.05, 4.69) is 30.4 Å². The average Bonchev–Trinajstić information content (AvgIpc) is 2.46. The van der Waals surface area contributed by atoms with Crippen LogP contribution in [-0.4, -0.2) is 25.0 Å². The lowest BCUT2D eigenvalue weighted by Crippen LogP contribution is -2.50. The Labute approximate surface area is 115 Å². The standard InChI is InChI=1S/C16H22N2O/c1-12-7-8-15-13(11-12)5-4-10-18(15)16(19)14-6-2-3-9-17-14/h7-8,11,14,17H,2-6,9-10H2,1H3/t14-/m0/s1. The van der Waals surface area contributed by atoms with Crippen LogP contribution in [0, 0.1) is 6.92 Å². The molecule has 3 heteroatoms. The van der Waals surface area contributed by atoms with Crippen LogP contribution in [0.4, 0.5) is 5.69 Å².